The Bertz CT molecular complexity index is 678. The summed E-state index contributed by atoms with van der Waals surface area (Å²) < 4.78 is 52.2. The first-order valence-corrected chi connectivity index (χ1v) is 10.2. The van der Waals surface area contributed by atoms with Crippen LogP contribution < -0.4 is 5.32 Å². The van der Waals surface area contributed by atoms with E-state index >= 15 is 0 Å². The molecule has 7 nitrogen and oxygen atoms in total. The molecule has 0 aliphatic carbocycles. The van der Waals surface area contributed by atoms with Crippen LogP contribution in [-0.2, 0) is 29.2 Å². The van der Waals surface area contributed by atoms with Crippen molar-refractivity contribution < 1.29 is 22.6 Å². The molecule has 2 aliphatic rings. The number of likely N-dealkylation sites (tertiary alicyclic amines) is 1. The maximum absolute atomic E-state index is 13.1. The molecule has 0 aromatic carbocycles. The summed E-state index contributed by atoms with van der Waals surface area (Å²) in [7, 11) is 3.12. The third-order valence-electron chi connectivity index (χ3n) is 5.36. The quantitative estimate of drug-likeness (QED) is 0.589. The van der Waals surface area contributed by atoms with Gasteiger partial charge < -0.3 is 19.7 Å². The minimum atomic E-state index is -4.47. The van der Waals surface area contributed by atoms with Crippen LogP contribution in [0.5, 0.6) is 0 Å². The van der Waals surface area contributed by atoms with Crippen molar-refractivity contribution in [2.24, 2.45) is 12.0 Å². The number of piperidine rings is 1. The maximum atomic E-state index is 13.1. The number of aryl methyl sites for hydroxylation is 1. The van der Waals surface area contributed by atoms with Gasteiger partial charge in [-0.1, -0.05) is 0 Å². The van der Waals surface area contributed by atoms with E-state index in [1.165, 1.54) is 24.3 Å². The van der Waals surface area contributed by atoms with Gasteiger partial charge in [0.05, 0.1) is 18.8 Å². The summed E-state index contributed by atoms with van der Waals surface area (Å²) in [5, 5.41) is 6.58. The molecule has 0 radical (unpaired) electrons. The smallest absolute Gasteiger partial charge is 0.376 e. The summed E-state index contributed by atoms with van der Waals surface area (Å²) in [4.78, 5) is 6.29. The lowest BCUT2D eigenvalue weighted by molar-refractivity contribution is -0.142. The van der Waals surface area contributed by atoms with E-state index in [2.05, 4.69) is 20.3 Å². The Hall–Kier alpha value is -1.81. The lowest BCUT2D eigenvalue weighted by Gasteiger charge is -2.35. The Labute approximate surface area is 169 Å². The first-order chi connectivity index (χ1) is 13.9. The van der Waals surface area contributed by atoms with Crippen molar-refractivity contribution in [1.82, 2.24) is 20.0 Å². The van der Waals surface area contributed by atoms with Gasteiger partial charge in [0.15, 0.2) is 11.7 Å². The second-order valence-electron chi connectivity index (χ2n) is 7.58. The molecule has 0 bridgehead atoms. The van der Waals surface area contributed by atoms with Gasteiger partial charge in [0.25, 0.3) is 0 Å². The topological polar surface area (TPSA) is 63.9 Å². The van der Waals surface area contributed by atoms with Crippen LogP contribution in [-0.4, -0.2) is 66.2 Å². The van der Waals surface area contributed by atoms with Gasteiger partial charge in [-0.3, -0.25) is 9.67 Å². The second-order valence-corrected chi connectivity index (χ2v) is 7.58. The fraction of sp³-hybridized carbons (Fsp3) is 0.789. The number of halogens is 3. The fourth-order valence-corrected chi connectivity index (χ4v) is 3.83. The predicted molar refractivity (Wildman–Crippen MR) is 103 cm³/mol. The van der Waals surface area contributed by atoms with Crippen molar-refractivity contribution in [2.45, 2.75) is 57.0 Å². The molecule has 3 heterocycles. The normalized spacial score (nSPS) is 22.2. The standard InChI is InChI=1S/C19H30F3N5O2/c1-23-18(24-11-14-12-26(2)25-17(14)19(20,21)22)27-8-6-15(7-9-27)29-13-16-5-3-4-10-28-16/h12,15-16H,3-11,13H2,1-2H3,(H,23,24). The molecule has 1 aromatic rings. The molecule has 10 heteroatoms. The van der Waals surface area contributed by atoms with Crippen molar-refractivity contribution in [3.63, 3.8) is 0 Å². The minimum Gasteiger partial charge on any atom is -0.376 e. The van der Waals surface area contributed by atoms with Gasteiger partial charge >= 0.3 is 6.18 Å². The van der Waals surface area contributed by atoms with E-state index in [0.717, 1.165) is 45.4 Å². The maximum Gasteiger partial charge on any atom is 0.435 e. The molecular formula is C19H30F3N5O2. The summed E-state index contributed by atoms with van der Waals surface area (Å²) in [5.74, 6) is 0.594. The Kier molecular flexibility index (Phi) is 7.39. The molecule has 2 saturated heterocycles. The summed E-state index contributed by atoms with van der Waals surface area (Å²) in [6, 6.07) is 0. The molecule has 3 rings (SSSR count). The van der Waals surface area contributed by atoms with E-state index in [1.54, 1.807) is 7.05 Å². The third-order valence-corrected chi connectivity index (χ3v) is 5.36. The number of hydrogen-bond acceptors (Lipinski definition) is 4. The summed E-state index contributed by atoms with van der Waals surface area (Å²) >= 11 is 0. The number of nitrogens with one attached hydrogen (secondary N) is 1. The van der Waals surface area contributed by atoms with E-state index in [9.17, 15) is 13.2 Å². The van der Waals surface area contributed by atoms with Gasteiger partial charge in [0.2, 0.25) is 0 Å². The van der Waals surface area contributed by atoms with E-state index in [0.29, 0.717) is 12.6 Å². The number of alkyl halides is 3. The average Bonchev–Trinajstić information content (AvgIpc) is 3.10. The van der Waals surface area contributed by atoms with Crippen LogP contribution in [0.15, 0.2) is 11.2 Å². The number of ether oxygens (including phenoxy) is 2. The monoisotopic (exact) mass is 417 g/mol. The van der Waals surface area contributed by atoms with Crippen LogP contribution in [0.1, 0.15) is 43.4 Å². The highest BCUT2D eigenvalue weighted by Crippen LogP contribution is 2.30. The first kappa shape index (κ1) is 21.9. The molecule has 29 heavy (non-hydrogen) atoms. The number of aromatic nitrogens is 2. The Morgan fingerprint density at radius 1 is 1.31 bits per heavy atom. The molecule has 2 fully saturated rings. The molecule has 0 amide bonds. The Morgan fingerprint density at radius 3 is 2.69 bits per heavy atom. The van der Waals surface area contributed by atoms with E-state index in [4.69, 9.17) is 9.47 Å². The van der Waals surface area contributed by atoms with Crippen molar-refractivity contribution >= 4 is 5.96 Å². The zero-order valence-electron chi connectivity index (χ0n) is 17.0. The number of rotatable bonds is 5. The molecule has 2 aliphatic heterocycles. The molecular weight excluding hydrogens is 387 g/mol. The van der Waals surface area contributed by atoms with E-state index in [-0.39, 0.29) is 24.3 Å². The second kappa shape index (κ2) is 9.80. The van der Waals surface area contributed by atoms with Gasteiger partial charge in [-0.2, -0.15) is 18.3 Å². The lowest BCUT2D eigenvalue weighted by atomic mass is 10.1. The van der Waals surface area contributed by atoms with Gasteiger partial charge in [-0.15, -0.1) is 0 Å². The number of hydrogen-bond donors (Lipinski definition) is 1. The Morgan fingerprint density at radius 2 is 2.07 bits per heavy atom. The van der Waals surface area contributed by atoms with Crippen molar-refractivity contribution in [3.8, 4) is 0 Å². The van der Waals surface area contributed by atoms with E-state index in [1.807, 2.05) is 0 Å². The van der Waals surface area contributed by atoms with Gasteiger partial charge in [-0.25, -0.2) is 0 Å². The fourth-order valence-electron chi connectivity index (χ4n) is 3.83. The van der Waals surface area contributed by atoms with Crippen LogP contribution in [0.25, 0.3) is 0 Å². The molecule has 0 saturated carbocycles. The number of nitrogens with zero attached hydrogens (tertiary/aromatic N) is 4. The number of aliphatic imine (C=N–C) groups is 1. The zero-order chi connectivity index (χ0) is 20.9. The summed E-state index contributed by atoms with van der Waals surface area (Å²) in [6.45, 7) is 2.97. The average molecular weight is 417 g/mol. The first-order valence-electron chi connectivity index (χ1n) is 10.2. The largest absolute Gasteiger partial charge is 0.435 e. The van der Waals surface area contributed by atoms with Crippen LogP contribution in [0.2, 0.25) is 0 Å². The van der Waals surface area contributed by atoms with Crippen molar-refractivity contribution in [1.29, 1.82) is 0 Å². The third kappa shape index (κ3) is 6.08. The highest BCUT2D eigenvalue weighted by atomic mass is 19.4. The number of guanidine groups is 1. The highest BCUT2D eigenvalue weighted by Gasteiger charge is 2.37. The predicted octanol–water partition coefficient (Wildman–Crippen LogP) is 2.56. The van der Waals surface area contributed by atoms with E-state index < -0.39 is 11.9 Å². The van der Waals surface area contributed by atoms with Crippen molar-refractivity contribution in [2.75, 3.05) is 33.4 Å². The molecule has 1 atom stereocenters. The highest BCUT2D eigenvalue weighted by molar-refractivity contribution is 5.80. The molecule has 164 valence electrons. The molecule has 1 aromatic heterocycles. The van der Waals surface area contributed by atoms with Crippen LogP contribution in [0, 0.1) is 0 Å². The summed E-state index contributed by atoms with van der Waals surface area (Å²) in [5.41, 5.74) is -0.758. The Balaban J connectivity index is 1.46. The van der Waals surface area contributed by atoms with Gasteiger partial charge in [0, 0.05) is 52.1 Å². The minimum absolute atomic E-state index is 0.0187. The lowest BCUT2D eigenvalue weighted by Crippen LogP contribution is -2.47. The molecule has 1 unspecified atom stereocenters. The molecule has 1 N–H and O–H groups in total. The zero-order valence-corrected chi connectivity index (χ0v) is 17.0. The van der Waals surface area contributed by atoms with Gasteiger partial charge in [0.1, 0.15) is 0 Å². The van der Waals surface area contributed by atoms with Crippen LogP contribution >= 0.6 is 0 Å². The van der Waals surface area contributed by atoms with Crippen LogP contribution in [0.4, 0.5) is 13.2 Å². The summed E-state index contributed by atoms with van der Waals surface area (Å²) in [6.07, 6.45) is 2.40. The molecule has 0 spiro atoms. The van der Waals surface area contributed by atoms with Crippen molar-refractivity contribution in [3.05, 3.63) is 17.5 Å². The SMILES string of the molecule is CN=C(NCc1cn(C)nc1C(F)(F)F)N1CCC(OCC2CCCCO2)CC1. The van der Waals surface area contributed by atoms with Crippen LogP contribution in [0.3, 0.4) is 0 Å². The van der Waals surface area contributed by atoms with Gasteiger partial charge in [-0.05, 0) is 32.1 Å².